The number of carboxylic acids is 1. The molecule has 0 bridgehead atoms. The van der Waals surface area contributed by atoms with Gasteiger partial charge in [-0.05, 0) is 44.9 Å². The van der Waals surface area contributed by atoms with E-state index in [-0.39, 0.29) is 6.10 Å². The molecule has 3 nitrogen and oxygen atoms in total. The maximum absolute atomic E-state index is 12.6. The minimum Gasteiger partial charge on any atom is -0.481 e. The largest absolute Gasteiger partial charge is 0.481 e. The summed E-state index contributed by atoms with van der Waals surface area (Å²) in [5.74, 6) is -0.529. The molecular formula is C38H74O3. The minimum atomic E-state index is -0.529. The van der Waals surface area contributed by atoms with Crippen molar-refractivity contribution in [3.05, 3.63) is 12.2 Å². The fraction of sp³-hybridized carbons (Fsp3) is 0.921. The highest BCUT2D eigenvalue weighted by Crippen LogP contribution is 2.38. The molecule has 0 radical (unpaired) electrons. The van der Waals surface area contributed by atoms with Gasteiger partial charge >= 0.3 is 5.97 Å². The van der Waals surface area contributed by atoms with Gasteiger partial charge in [0.05, 0.1) is 11.5 Å². The van der Waals surface area contributed by atoms with Crippen LogP contribution in [0.5, 0.6) is 0 Å². The molecular weight excluding hydrogens is 504 g/mol. The van der Waals surface area contributed by atoms with E-state index < -0.39 is 11.4 Å². The quantitative estimate of drug-likeness (QED) is 0.0601. The number of carbonyl (C=O) groups is 1. The Hall–Kier alpha value is -0.830. The van der Waals surface area contributed by atoms with Crippen LogP contribution in [0.25, 0.3) is 0 Å². The number of aliphatic hydroxyl groups excluding tert-OH is 1. The van der Waals surface area contributed by atoms with E-state index in [9.17, 15) is 15.0 Å². The Morgan fingerprint density at radius 1 is 0.537 bits per heavy atom. The van der Waals surface area contributed by atoms with E-state index in [4.69, 9.17) is 0 Å². The van der Waals surface area contributed by atoms with Gasteiger partial charge in [0.25, 0.3) is 0 Å². The first-order valence-corrected chi connectivity index (χ1v) is 18.6. The smallest absolute Gasteiger partial charge is 0.309 e. The fourth-order valence-electron chi connectivity index (χ4n) is 6.27. The molecule has 2 atom stereocenters. The third-order valence-electron chi connectivity index (χ3n) is 9.21. The van der Waals surface area contributed by atoms with E-state index in [1.165, 1.54) is 122 Å². The first-order chi connectivity index (χ1) is 20.0. The first kappa shape index (κ1) is 40.2. The van der Waals surface area contributed by atoms with E-state index in [1.807, 2.05) is 0 Å². The fourth-order valence-corrected chi connectivity index (χ4v) is 6.27. The van der Waals surface area contributed by atoms with Gasteiger partial charge in [0.15, 0.2) is 0 Å². The molecule has 2 N–H and O–H groups in total. The maximum Gasteiger partial charge on any atom is 0.309 e. The Morgan fingerprint density at radius 3 is 1.32 bits per heavy atom. The Bertz CT molecular complexity index is 572. The highest BCUT2D eigenvalue weighted by atomic mass is 16.4. The summed E-state index contributed by atoms with van der Waals surface area (Å²) in [5, 5.41) is 20.5. The zero-order valence-electron chi connectivity index (χ0n) is 28.2. The lowest BCUT2D eigenvalue weighted by atomic mass is 9.74. The Balaban J connectivity index is 4.38. The lowest BCUT2D eigenvalue weighted by Crippen LogP contribution is -2.31. The van der Waals surface area contributed by atoms with Crippen LogP contribution in [0.2, 0.25) is 0 Å². The average molecular weight is 579 g/mol. The molecule has 0 aliphatic carbocycles. The molecule has 0 aromatic heterocycles. The molecule has 1 unspecified atom stereocenters. The molecule has 0 saturated carbocycles. The van der Waals surface area contributed by atoms with Crippen LogP contribution in [0, 0.1) is 5.41 Å². The van der Waals surface area contributed by atoms with Crippen molar-refractivity contribution < 1.29 is 15.0 Å². The monoisotopic (exact) mass is 579 g/mol. The first-order valence-electron chi connectivity index (χ1n) is 18.6. The molecule has 0 aromatic rings. The van der Waals surface area contributed by atoms with Crippen LogP contribution in [0.4, 0.5) is 0 Å². The third kappa shape index (κ3) is 25.4. The van der Waals surface area contributed by atoms with Crippen LogP contribution in [-0.2, 0) is 4.79 Å². The van der Waals surface area contributed by atoms with E-state index >= 15 is 0 Å². The number of hydrogen-bond donors (Lipinski definition) is 2. The number of carboxylic acid groups (broad SMARTS) is 1. The molecule has 0 saturated heterocycles. The lowest BCUT2D eigenvalue weighted by molar-refractivity contribution is -0.150. The molecule has 3 heteroatoms. The van der Waals surface area contributed by atoms with Crippen LogP contribution >= 0.6 is 0 Å². The van der Waals surface area contributed by atoms with Crippen molar-refractivity contribution >= 4 is 5.97 Å². The van der Waals surface area contributed by atoms with Gasteiger partial charge in [0, 0.05) is 0 Å². The Kier molecular flexibility index (Phi) is 30.0. The summed E-state index contributed by atoms with van der Waals surface area (Å²) in [7, 11) is 0. The predicted octanol–water partition coefficient (Wildman–Crippen LogP) is 12.7. The van der Waals surface area contributed by atoms with Gasteiger partial charge in [0.1, 0.15) is 0 Å². The predicted molar refractivity (Wildman–Crippen MR) is 181 cm³/mol. The van der Waals surface area contributed by atoms with Crippen molar-refractivity contribution in [2.45, 2.75) is 219 Å². The van der Waals surface area contributed by atoms with Gasteiger partial charge in [-0.3, -0.25) is 4.79 Å². The summed E-state index contributed by atoms with van der Waals surface area (Å²) in [6.45, 7) is 6.74. The molecule has 0 fully saturated rings. The summed E-state index contributed by atoms with van der Waals surface area (Å²) < 4.78 is 0. The summed E-state index contributed by atoms with van der Waals surface area (Å²) in [6, 6.07) is 0. The van der Waals surface area contributed by atoms with Crippen molar-refractivity contribution in [2.24, 2.45) is 5.41 Å². The van der Waals surface area contributed by atoms with Crippen LogP contribution < -0.4 is 0 Å². The molecule has 244 valence electrons. The van der Waals surface area contributed by atoms with Crippen LogP contribution in [0.3, 0.4) is 0 Å². The van der Waals surface area contributed by atoms with E-state index in [1.54, 1.807) is 0 Å². The molecule has 0 amide bonds. The third-order valence-corrected chi connectivity index (χ3v) is 9.21. The van der Waals surface area contributed by atoms with Crippen LogP contribution in [0.1, 0.15) is 213 Å². The number of aliphatic hydroxyl groups is 1. The van der Waals surface area contributed by atoms with Crippen molar-refractivity contribution in [1.29, 1.82) is 0 Å². The number of hydrogen-bond acceptors (Lipinski definition) is 2. The van der Waals surface area contributed by atoms with Crippen LogP contribution in [0.15, 0.2) is 12.2 Å². The van der Waals surface area contributed by atoms with Crippen LogP contribution in [-0.4, -0.2) is 22.3 Å². The molecule has 0 aliphatic heterocycles. The van der Waals surface area contributed by atoms with Crippen molar-refractivity contribution in [3.63, 3.8) is 0 Å². The lowest BCUT2D eigenvalue weighted by Gasteiger charge is -2.30. The highest BCUT2D eigenvalue weighted by Gasteiger charge is 2.36. The second-order valence-corrected chi connectivity index (χ2v) is 13.2. The molecule has 0 spiro atoms. The Labute approximate surface area is 257 Å². The molecule has 0 aromatic carbocycles. The van der Waals surface area contributed by atoms with Gasteiger partial charge < -0.3 is 10.2 Å². The number of unbranched alkanes of at least 4 members (excludes halogenated alkanes) is 21. The number of allylic oxidation sites excluding steroid dienone is 1. The normalized spacial score (nSPS) is 14.0. The number of aliphatic carboxylic acids is 1. The molecule has 0 heterocycles. The second kappa shape index (κ2) is 30.6. The summed E-state index contributed by atoms with van der Waals surface area (Å²) >= 11 is 0. The number of rotatable bonds is 33. The van der Waals surface area contributed by atoms with Gasteiger partial charge in [-0.1, -0.05) is 181 Å². The van der Waals surface area contributed by atoms with Gasteiger partial charge in [-0.2, -0.15) is 0 Å². The SMILES string of the molecule is CCCCCCCCCCCCC(CCCCCCC=CC[C@H](O)CCCCCC)(CCCCCCCC)C(=O)O. The maximum atomic E-state index is 12.6. The molecule has 41 heavy (non-hydrogen) atoms. The average Bonchev–Trinajstić information content (AvgIpc) is 2.96. The second-order valence-electron chi connectivity index (χ2n) is 13.2. The Morgan fingerprint density at radius 2 is 0.902 bits per heavy atom. The minimum absolute atomic E-state index is 0.186. The van der Waals surface area contributed by atoms with E-state index in [2.05, 4.69) is 32.9 Å². The molecule has 0 rings (SSSR count). The van der Waals surface area contributed by atoms with Crippen molar-refractivity contribution in [1.82, 2.24) is 0 Å². The summed E-state index contributed by atoms with van der Waals surface area (Å²) in [6.07, 6.45) is 39.4. The zero-order chi connectivity index (χ0) is 30.3. The highest BCUT2D eigenvalue weighted by molar-refractivity contribution is 5.74. The summed E-state index contributed by atoms with van der Waals surface area (Å²) in [4.78, 5) is 12.6. The van der Waals surface area contributed by atoms with Gasteiger partial charge in [0.2, 0.25) is 0 Å². The van der Waals surface area contributed by atoms with E-state index in [0.717, 1.165) is 70.6 Å². The van der Waals surface area contributed by atoms with Crippen molar-refractivity contribution in [2.75, 3.05) is 0 Å². The van der Waals surface area contributed by atoms with Crippen molar-refractivity contribution in [3.8, 4) is 0 Å². The summed E-state index contributed by atoms with van der Waals surface area (Å²) in [5.41, 5.74) is -0.502. The van der Waals surface area contributed by atoms with Gasteiger partial charge in [-0.25, -0.2) is 0 Å². The van der Waals surface area contributed by atoms with Gasteiger partial charge in [-0.15, -0.1) is 0 Å². The van der Waals surface area contributed by atoms with E-state index in [0.29, 0.717) is 0 Å². The topological polar surface area (TPSA) is 57.5 Å². The standard InChI is InChI=1S/C38H74O3/c1-4-7-10-13-15-16-17-20-24-29-34-38(37(40)41,33-28-23-14-11-8-5-2)35-30-25-21-18-19-22-27-32-36(39)31-26-12-9-6-3/h22,27,36,39H,4-21,23-26,28-35H2,1-3H3,(H,40,41)/t36-,38?/m1/s1. The molecule has 0 aliphatic rings. The zero-order valence-corrected chi connectivity index (χ0v) is 28.2.